The number of hydrogen-bond donors (Lipinski definition) is 2. The van der Waals surface area contributed by atoms with Gasteiger partial charge in [-0.25, -0.2) is 0 Å². The van der Waals surface area contributed by atoms with E-state index in [2.05, 4.69) is 13.8 Å². The van der Waals surface area contributed by atoms with Gasteiger partial charge in [-0.15, -0.1) is 0 Å². The molecule has 3 N–H and O–H groups in total. The maximum absolute atomic E-state index is 11.7. The van der Waals surface area contributed by atoms with Crippen LogP contribution in [0.5, 0.6) is 0 Å². The van der Waals surface area contributed by atoms with Gasteiger partial charge in [0.25, 0.3) is 0 Å². The molecule has 1 amide bonds. The second-order valence-corrected chi connectivity index (χ2v) is 5.12. The number of nitrogens with zero attached hydrogens (tertiary/aromatic N) is 1. The third kappa shape index (κ3) is 3.76. The molecule has 0 aromatic rings. The minimum Gasteiger partial charge on any atom is -0.393 e. The van der Waals surface area contributed by atoms with Gasteiger partial charge in [0, 0.05) is 32.0 Å². The lowest BCUT2D eigenvalue weighted by atomic mass is 9.87. The third-order valence-electron chi connectivity index (χ3n) is 3.18. The lowest BCUT2D eigenvalue weighted by molar-refractivity contribution is -0.135. The summed E-state index contributed by atoms with van der Waals surface area (Å²) in [6.45, 7) is 6.07. The largest absolute Gasteiger partial charge is 0.393 e. The molecule has 0 unspecified atom stereocenters. The Balaban J connectivity index is 2.49. The number of rotatable bonds is 4. The van der Waals surface area contributed by atoms with E-state index in [1.807, 2.05) is 4.90 Å². The van der Waals surface area contributed by atoms with Crippen molar-refractivity contribution in [2.75, 3.05) is 19.6 Å². The van der Waals surface area contributed by atoms with Crippen LogP contribution in [0.15, 0.2) is 0 Å². The maximum Gasteiger partial charge on any atom is 0.223 e. The van der Waals surface area contributed by atoms with E-state index in [0.29, 0.717) is 38.4 Å². The van der Waals surface area contributed by atoms with Crippen molar-refractivity contribution < 1.29 is 9.90 Å². The molecular formula is C12H24N2O2. The molecule has 1 saturated heterocycles. The summed E-state index contributed by atoms with van der Waals surface area (Å²) in [7, 11) is 0. The van der Waals surface area contributed by atoms with Crippen molar-refractivity contribution in [1.82, 2.24) is 4.90 Å². The molecule has 0 aromatic carbocycles. The number of aliphatic hydroxyl groups excluding tert-OH is 1. The zero-order valence-electron chi connectivity index (χ0n) is 10.4. The number of nitrogens with two attached hydrogens (primary N) is 1. The Morgan fingerprint density at radius 2 is 2.25 bits per heavy atom. The molecule has 1 heterocycles. The van der Waals surface area contributed by atoms with Gasteiger partial charge in [0.2, 0.25) is 5.91 Å². The molecule has 4 nitrogen and oxygen atoms in total. The summed E-state index contributed by atoms with van der Waals surface area (Å²) in [4.78, 5) is 13.6. The molecule has 0 aliphatic carbocycles. The normalized spacial score (nSPS) is 26.2. The van der Waals surface area contributed by atoms with Gasteiger partial charge in [-0.2, -0.15) is 0 Å². The van der Waals surface area contributed by atoms with E-state index < -0.39 is 0 Å². The quantitative estimate of drug-likeness (QED) is 0.740. The average Bonchev–Trinajstić information content (AvgIpc) is 2.21. The van der Waals surface area contributed by atoms with Crippen molar-refractivity contribution in [2.24, 2.45) is 17.6 Å². The van der Waals surface area contributed by atoms with Crippen molar-refractivity contribution in [3.8, 4) is 0 Å². The summed E-state index contributed by atoms with van der Waals surface area (Å²) >= 11 is 0. The fraction of sp³-hybridized carbons (Fsp3) is 0.917. The van der Waals surface area contributed by atoms with E-state index >= 15 is 0 Å². The van der Waals surface area contributed by atoms with Crippen LogP contribution in [0.3, 0.4) is 0 Å². The van der Waals surface area contributed by atoms with Crippen molar-refractivity contribution in [3.63, 3.8) is 0 Å². The smallest absolute Gasteiger partial charge is 0.223 e. The van der Waals surface area contributed by atoms with E-state index in [1.54, 1.807) is 0 Å². The van der Waals surface area contributed by atoms with Crippen LogP contribution >= 0.6 is 0 Å². The minimum absolute atomic E-state index is 0.128. The maximum atomic E-state index is 11.7. The predicted octanol–water partition coefficient (Wildman–Crippen LogP) is 0.591. The number of hydrogen-bond acceptors (Lipinski definition) is 3. The summed E-state index contributed by atoms with van der Waals surface area (Å²) in [6, 6.07) is 0. The van der Waals surface area contributed by atoms with Crippen molar-refractivity contribution in [2.45, 2.75) is 39.2 Å². The van der Waals surface area contributed by atoms with Crippen LogP contribution < -0.4 is 5.73 Å². The Morgan fingerprint density at radius 1 is 1.56 bits per heavy atom. The Hall–Kier alpha value is -0.610. The summed E-state index contributed by atoms with van der Waals surface area (Å²) in [6.07, 6.45) is 1.86. The Bertz CT molecular complexity index is 231. The first-order valence-corrected chi connectivity index (χ1v) is 6.20. The second-order valence-electron chi connectivity index (χ2n) is 5.12. The van der Waals surface area contributed by atoms with Gasteiger partial charge in [-0.3, -0.25) is 4.79 Å². The number of piperidine rings is 1. The van der Waals surface area contributed by atoms with Gasteiger partial charge in [0.15, 0.2) is 0 Å². The van der Waals surface area contributed by atoms with Gasteiger partial charge in [-0.1, -0.05) is 13.8 Å². The van der Waals surface area contributed by atoms with Crippen LogP contribution in [0.2, 0.25) is 0 Å². The SMILES string of the molecule is CC(C)C[C@@H]1CN(C(=O)CCN)CC[C@H]1O. The molecule has 1 fully saturated rings. The summed E-state index contributed by atoms with van der Waals surface area (Å²) in [5.41, 5.74) is 5.38. The molecule has 4 heteroatoms. The zero-order chi connectivity index (χ0) is 12.1. The molecule has 0 radical (unpaired) electrons. The van der Waals surface area contributed by atoms with Crippen LogP contribution in [0.4, 0.5) is 0 Å². The molecule has 0 saturated carbocycles. The van der Waals surface area contributed by atoms with Gasteiger partial charge < -0.3 is 15.7 Å². The van der Waals surface area contributed by atoms with Crippen LogP contribution in [0.25, 0.3) is 0 Å². The highest BCUT2D eigenvalue weighted by Gasteiger charge is 2.29. The van der Waals surface area contributed by atoms with Crippen molar-refractivity contribution in [1.29, 1.82) is 0 Å². The van der Waals surface area contributed by atoms with E-state index in [1.165, 1.54) is 0 Å². The molecule has 0 spiro atoms. The van der Waals surface area contributed by atoms with Crippen molar-refractivity contribution >= 4 is 5.91 Å². The van der Waals surface area contributed by atoms with E-state index in [-0.39, 0.29) is 17.9 Å². The highest BCUT2D eigenvalue weighted by Crippen LogP contribution is 2.24. The van der Waals surface area contributed by atoms with Gasteiger partial charge in [-0.05, 0) is 18.8 Å². The average molecular weight is 228 g/mol. The first-order valence-electron chi connectivity index (χ1n) is 6.20. The van der Waals surface area contributed by atoms with Crippen LogP contribution in [0, 0.1) is 11.8 Å². The van der Waals surface area contributed by atoms with Crippen molar-refractivity contribution in [3.05, 3.63) is 0 Å². The molecule has 1 aliphatic rings. The molecule has 94 valence electrons. The Kier molecular flexibility index (Phi) is 5.22. The molecule has 0 aromatic heterocycles. The van der Waals surface area contributed by atoms with E-state index in [0.717, 1.165) is 6.42 Å². The monoisotopic (exact) mass is 228 g/mol. The molecule has 1 aliphatic heterocycles. The second kappa shape index (κ2) is 6.21. The number of aliphatic hydroxyl groups is 1. The van der Waals surface area contributed by atoms with Crippen LogP contribution in [-0.2, 0) is 4.79 Å². The van der Waals surface area contributed by atoms with Gasteiger partial charge in [0.1, 0.15) is 0 Å². The number of amides is 1. The van der Waals surface area contributed by atoms with Gasteiger partial charge >= 0.3 is 0 Å². The highest BCUT2D eigenvalue weighted by atomic mass is 16.3. The lowest BCUT2D eigenvalue weighted by Gasteiger charge is -2.37. The molecule has 0 bridgehead atoms. The topological polar surface area (TPSA) is 66.6 Å². The molecule has 16 heavy (non-hydrogen) atoms. The van der Waals surface area contributed by atoms with E-state index in [4.69, 9.17) is 5.73 Å². The third-order valence-corrected chi connectivity index (χ3v) is 3.18. The molecule has 1 rings (SSSR count). The zero-order valence-corrected chi connectivity index (χ0v) is 10.4. The standard InChI is InChI=1S/C12H24N2O2/c1-9(2)7-10-8-14(6-4-11(10)15)12(16)3-5-13/h9-11,15H,3-8,13H2,1-2H3/t10-,11-/m1/s1. The first kappa shape index (κ1) is 13.5. The number of carbonyl (C=O) groups is 1. The summed E-state index contributed by atoms with van der Waals surface area (Å²) in [5, 5.41) is 9.88. The Morgan fingerprint density at radius 3 is 2.81 bits per heavy atom. The van der Waals surface area contributed by atoms with Crippen LogP contribution in [-0.4, -0.2) is 41.7 Å². The summed E-state index contributed by atoms with van der Waals surface area (Å²) in [5.74, 6) is 0.919. The highest BCUT2D eigenvalue weighted by molar-refractivity contribution is 5.76. The minimum atomic E-state index is -0.246. The van der Waals surface area contributed by atoms with E-state index in [9.17, 15) is 9.90 Å². The lowest BCUT2D eigenvalue weighted by Crippen LogP contribution is -2.46. The molecular weight excluding hydrogens is 204 g/mol. The van der Waals surface area contributed by atoms with Crippen LogP contribution in [0.1, 0.15) is 33.1 Å². The molecule has 2 atom stereocenters. The van der Waals surface area contributed by atoms with Gasteiger partial charge in [0.05, 0.1) is 6.10 Å². The fourth-order valence-corrected chi connectivity index (χ4v) is 2.37. The predicted molar refractivity (Wildman–Crippen MR) is 63.8 cm³/mol. The summed E-state index contributed by atoms with van der Waals surface area (Å²) < 4.78 is 0. The number of likely N-dealkylation sites (tertiary alicyclic amines) is 1. The fourth-order valence-electron chi connectivity index (χ4n) is 2.37. The Labute approximate surface area is 97.8 Å². The first-order chi connectivity index (χ1) is 7.54. The number of carbonyl (C=O) groups excluding carboxylic acids is 1.